The third-order valence-electron chi connectivity index (χ3n) is 2.22. The molecule has 1 rings (SSSR count). The van der Waals surface area contributed by atoms with Gasteiger partial charge < -0.3 is 20.9 Å². The van der Waals surface area contributed by atoms with Gasteiger partial charge in [-0.3, -0.25) is 4.79 Å². The van der Waals surface area contributed by atoms with E-state index in [0.717, 1.165) is 0 Å². The summed E-state index contributed by atoms with van der Waals surface area (Å²) in [5.74, 6) is -0.234. The number of nitrogens with one attached hydrogen (secondary N) is 1. The van der Waals surface area contributed by atoms with Crippen LogP contribution in [0, 0.1) is 0 Å². The van der Waals surface area contributed by atoms with Crippen molar-refractivity contribution in [3.63, 3.8) is 0 Å². The van der Waals surface area contributed by atoms with Crippen LogP contribution < -0.4 is 11.1 Å². The summed E-state index contributed by atoms with van der Waals surface area (Å²) in [7, 11) is 0. The molecule has 4 N–H and O–H groups in total. The van der Waals surface area contributed by atoms with Gasteiger partial charge in [0.25, 0.3) is 5.91 Å². The van der Waals surface area contributed by atoms with E-state index in [1.165, 1.54) is 0 Å². The average Bonchev–Trinajstić information content (AvgIpc) is 2.33. The summed E-state index contributed by atoms with van der Waals surface area (Å²) >= 11 is 5.91. The Morgan fingerprint density at radius 1 is 1.44 bits per heavy atom. The standard InChI is InChI=1S/C12H17ClN2O3/c13-11-8-9(14)2-3-10(11)12(17)15-4-1-6-18-7-5-16/h2-3,8,16H,1,4-7,14H2,(H,15,17). The fourth-order valence-corrected chi connectivity index (χ4v) is 1.63. The van der Waals surface area contributed by atoms with E-state index in [1.54, 1.807) is 18.2 Å². The number of hydrogen-bond donors (Lipinski definition) is 3. The monoisotopic (exact) mass is 272 g/mol. The maximum atomic E-state index is 11.7. The molecule has 100 valence electrons. The van der Waals surface area contributed by atoms with E-state index in [2.05, 4.69) is 5.32 Å². The molecule has 18 heavy (non-hydrogen) atoms. The maximum absolute atomic E-state index is 11.7. The number of aliphatic hydroxyl groups is 1. The first-order valence-electron chi connectivity index (χ1n) is 5.67. The molecule has 0 aliphatic rings. The summed E-state index contributed by atoms with van der Waals surface area (Å²) in [5, 5.41) is 11.6. The maximum Gasteiger partial charge on any atom is 0.252 e. The van der Waals surface area contributed by atoms with Crippen LogP contribution in [0.15, 0.2) is 18.2 Å². The fraction of sp³-hybridized carbons (Fsp3) is 0.417. The number of hydrogen-bond acceptors (Lipinski definition) is 4. The minimum atomic E-state index is -0.234. The Morgan fingerprint density at radius 2 is 2.22 bits per heavy atom. The summed E-state index contributed by atoms with van der Waals surface area (Å²) < 4.78 is 5.07. The highest BCUT2D eigenvalue weighted by Crippen LogP contribution is 2.18. The molecule has 0 fully saturated rings. The van der Waals surface area contributed by atoms with Gasteiger partial charge in [0.1, 0.15) is 0 Å². The molecule has 0 saturated carbocycles. The van der Waals surface area contributed by atoms with E-state index < -0.39 is 0 Å². The molecule has 0 unspecified atom stereocenters. The number of amides is 1. The number of carbonyl (C=O) groups excluding carboxylic acids is 1. The lowest BCUT2D eigenvalue weighted by atomic mass is 10.2. The Labute approximate surface area is 111 Å². The average molecular weight is 273 g/mol. The van der Waals surface area contributed by atoms with Crippen LogP contribution >= 0.6 is 11.6 Å². The van der Waals surface area contributed by atoms with Gasteiger partial charge >= 0.3 is 0 Å². The van der Waals surface area contributed by atoms with Crippen LogP contribution in [-0.4, -0.2) is 37.4 Å². The lowest BCUT2D eigenvalue weighted by Gasteiger charge is -2.07. The molecule has 0 heterocycles. The van der Waals surface area contributed by atoms with Crippen molar-refractivity contribution in [3.8, 4) is 0 Å². The highest BCUT2D eigenvalue weighted by atomic mass is 35.5. The fourth-order valence-electron chi connectivity index (χ4n) is 1.35. The van der Waals surface area contributed by atoms with E-state index >= 15 is 0 Å². The van der Waals surface area contributed by atoms with Crippen LogP contribution in [0.3, 0.4) is 0 Å². The van der Waals surface area contributed by atoms with E-state index in [-0.39, 0.29) is 12.5 Å². The van der Waals surface area contributed by atoms with Gasteiger partial charge in [0.05, 0.1) is 23.8 Å². The smallest absolute Gasteiger partial charge is 0.252 e. The number of carbonyl (C=O) groups is 1. The van der Waals surface area contributed by atoms with Gasteiger partial charge in [-0.25, -0.2) is 0 Å². The Bertz CT molecular complexity index is 399. The second-order valence-electron chi connectivity index (χ2n) is 3.68. The molecule has 0 radical (unpaired) electrons. The van der Waals surface area contributed by atoms with Crippen molar-refractivity contribution < 1.29 is 14.6 Å². The second-order valence-corrected chi connectivity index (χ2v) is 4.09. The van der Waals surface area contributed by atoms with Crippen molar-refractivity contribution in [2.75, 3.05) is 32.1 Å². The molecule has 0 aliphatic heterocycles. The lowest BCUT2D eigenvalue weighted by Crippen LogP contribution is -2.25. The molecule has 1 amide bonds. The van der Waals surface area contributed by atoms with Gasteiger partial charge in [-0.1, -0.05) is 11.6 Å². The molecule has 1 aromatic rings. The normalized spacial score (nSPS) is 10.3. The number of rotatable bonds is 7. The Balaban J connectivity index is 2.32. The largest absolute Gasteiger partial charge is 0.399 e. The van der Waals surface area contributed by atoms with Crippen LogP contribution in [0.25, 0.3) is 0 Å². The lowest BCUT2D eigenvalue weighted by molar-refractivity contribution is 0.0867. The van der Waals surface area contributed by atoms with Crippen LogP contribution in [-0.2, 0) is 4.74 Å². The minimum Gasteiger partial charge on any atom is -0.399 e. The molecule has 0 atom stereocenters. The van der Waals surface area contributed by atoms with Gasteiger partial charge in [0, 0.05) is 18.8 Å². The number of anilines is 1. The topological polar surface area (TPSA) is 84.6 Å². The van der Waals surface area contributed by atoms with Gasteiger partial charge in [-0.05, 0) is 24.6 Å². The van der Waals surface area contributed by atoms with Crippen LogP contribution in [0.4, 0.5) is 5.69 Å². The molecule has 0 bridgehead atoms. The molecule has 6 heteroatoms. The van der Waals surface area contributed by atoms with Gasteiger partial charge in [0.2, 0.25) is 0 Å². The number of aliphatic hydroxyl groups excluding tert-OH is 1. The summed E-state index contributed by atoms with van der Waals surface area (Å²) in [5.41, 5.74) is 6.47. The predicted molar refractivity (Wildman–Crippen MR) is 70.7 cm³/mol. The quantitative estimate of drug-likeness (QED) is 0.512. The van der Waals surface area contributed by atoms with Crippen molar-refractivity contribution in [1.29, 1.82) is 0 Å². The molecular weight excluding hydrogens is 256 g/mol. The summed E-state index contributed by atoms with van der Waals surface area (Å²) in [6, 6.07) is 4.77. The van der Waals surface area contributed by atoms with Gasteiger partial charge in [-0.2, -0.15) is 0 Å². The zero-order chi connectivity index (χ0) is 13.4. The van der Waals surface area contributed by atoms with Gasteiger partial charge in [-0.15, -0.1) is 0 Å². The number of benzene rings is 1. The van der Waals surface area contributed by atoms with Crippen LogP contribution in [0.2, 0.25) is 5.02 Å². The van der Waals surface area contributed by atoms with E-state index in [4.69, 9.17) is 27.2 Å². The first-order valence-corrected chi connectivity index (χ1v) is 6.04. The number of ether oxygens (including phenoxy) is 1. The Hall–Kier alpha value is -1.30. The molecule has 0 aliphatic carbocycles. The Kier molecular flexibility index (Phi) is 6.49. The third-order valence-corrected chi connectivity index (χ3v) is 2.54. The van der Waals surface area contributed by atoms with E-state index in [9.17, 15) is 4.79 Å². The number of nitrogens with two attached hydrogens (primary N) is 1. The van der Waals surface area contributed by atoms with Crippen molar-refractivity contribution in [1.82, 2.24) is 5.32 Å². The molecule has 5 nitrogen and oxygen atoms in total. The zero-order valence-corrected chi connectivity index (χ0v) is 10.7. The first-order chi connectivity index (χ1) is 8.65. The van der Waals surface area contributed by atoms with E-state index in [1.807, 2.05) is 0 Å². The summed E-state index contributed by atoms with van der Waals surface area (Å²) in [6.45, 7) is 1.31. The molecule has 0 saturated heterocycles. The van der Waals surface area contributed by atoms with Crippen molar-refractivity contribution in [2.24, 2.45) is 0 Å². The third kappa shape index (κ3) is 4.91. The number of nitrogen functional groups attached to an aromatic ring is 1. The Morgan fingerprint density at radius 3 is 2.89 bits per heavy atom. The first kappa shape index (κ1) is 14.8. The minimum absolute atomic E-state index is 0.00735. The van der Waals surface area contributed by atoms with Crippen molar-refractivity contribution >= 4 is 23.2 Å². The number of halogens is 1. The molecule has 1 aromatic carbocycles. The molecule has 0 aromatic heterocycles. The predicted octanol–water partition coefficient (Wildman–Crippen LogP) is 1.05. The SMILES string of the molecule is Nc1ccc(C(=O)NCCCOCCO)c(Cl)c1. The van der Waals surface area contributed by atoms with Gasteiger partial charge in [0.15, 0.2) is 0 Å². The van der Waals surface area contributed by atoms with Crippen molar-refractivity contribution in [2.45, 2.75) is 6.42 Å². The highest BCUT2D eigenvalue weighted by Gasteiger charge is 2.09. The molecular formula is C12H17ClN2O3. The van der Waals surface area contributed by atoms with Crippen LogP contribution in [0.5, 0.6) is 0 Å². The summed E-state index contributed by atoms with van der Waals surface area (Å²) in [4.78, 5) is 11.7. The molecule has 0 spiro atoms. The summed E-state index contributed by atoms with van der Waals surface area (Å²) in [6.07, 6.45) is 0.679. The second kappa shape index (κ2) is 7.92. The van der Waals surface area contributed by atoms with E-state index in [0.29, 0.717) is 42.5 Å². The highest BCUT2D eigenvalue weighted by molar-refractivity contribution is 6.34. The van der Waals surface area contributed by atoms with Crippen LogP contribution in [0.1, 0.15) is 16.8 Å². The zero-order valence-electron chi connectivity index (χ0n) is 9.99. The van der Waals surface area contributed by atoms with Crippen molar-refractivity contribution in [3.05, 3.63) is 28.8 Å².